The fourth-order valence-corrected chi connectivity index (χ4v) is 3.86. The number of rotatable bonds is 7. The zero-order valence-electron chi connectivity index (χ0n) is 16.3. The molecule has 2 aromatic carbocycles. The third kappa shape index (κ3) is 6.01. The SMILES string of the molecule is CN(CC(=O)NCc1ccc(OC(F)(F)F)cc1)S(=O)(=O)c1ccc2c(c1)OCCO2. The van der Waals surface area contributed by atoms with Crippen LogP contribution in [0.5, 0.6) is 17.2 Å². The highest BCUT2D eigenvalue weighted by Crippen LogP contribution is 2.33. The van der Waals surface area contributed by atoms with Gasteiger partial charge >= 0.3 is 6.36 Å². The van der Waals surface area contributed by atoms with Crippen LogP contribution in [-0.2, 0) is 21.4 Å². The number of hydrogen-bond acceptors (Lipinski definition) is 6. The van der Waals surface area contributed by atoms with Crippen LogP contribution in [0.3, 0.4) is 0 Å². The second-order valence-corrected chi connectivity index (χ2v) is 8.58. The van der Waals surface area contributed by atoms with Crippen molar-refractivity contribution in [2.24, 2.45) is 0 Å². The maximum atomic E-state index is 12.7. The van der Waals surface area contributed by atoms with Crippen LogP contribution in [0.1, 0.15) is 5.56 Å². The van der Waals surface area contributed by atoms with E-state index in [0.717, 1.165) is 16.4 Å². The molecule has 0 fully saturated rings. The maximum Gasteiger partial charge on any atom is 0.573 e. The van der Waals surface area contributed by atoms with Gasteiger partial charge in [-0.3, -0.25) is 4.79 Å². The molecule has 2 aromatic rings. The molecule has 0 bridgehead atoms. The number of carbonyl (C=O) groups excluding carboxylic acids is 1. The standard InChI is InChI=1S/C19H19F3N2O6S/c1-24(31(26,27)15-6-7-16-17(10-15)29-9-8-28-16)12-18(25)23-11-13-2-4-14(5-3-13)30-19(20,21)22/h2-7,10H,8-9,11-12H2,1H3,(H,23,25). The van der Waals surface area contributed by atoms with Crippen LogP contribution in [0.4, 0.5) is 13.2 Å². The summed E-state index contributed by atoms with van der Waals surface area (Å²) in [6.07, 6.45) is -4.79. The lowest BCUT2D eigenvalue weighted by Gasteiger charge is -2.21. The van der Waals surface area contributed by atoms with Crippen LogP contribution in [0.2, 0.25) is 0 Å². The Bertz CT molecular complexity index is 1040. The number of benzene rings is 2. The Morgan fingerprint density at radius 1 is 1.10 bits per heavy atom. The van der Waals surface area contributed by atoms with E-state index >= 15 is 0 Å². The van der Waals surface area contributed by atoms with Gasteiger partial charge in [0.05, 0.1) is 11.4 Å². The Hall–Kier alpha value is -2.99. The molecule has 1 aliphatic heterocycles. The summed E-state index contributed by atoms with van der Waals surface area (Å²) in [4.78, 5) is 12.1. The van der Waals surface area contributed by atoms with Crippen LogP contribution in [0.15, 0.2) is 47.4 Å². The molecule has 0 radical (unpaired) electrons. The van der Waals surface area contributed by atoms with Crippen molar-refractivity contribution in [3.8, 4) is 17.2 Å². The quantitative estimate of drug-likeness (QED) is 0.682. The fourth-order valence-electron chi connectivity index (χ4n) is 2.72. The van der Waals surface area contributed by atoms with Crippen LogP contribution < -0.4 is 19.5 Å². The van der Waals surface area contributed by atoms with Gasteiger partial charge in [0.25, 0.3) is 0 Å². The molecule has 12 heteroatoms. The van der Waals surface area contributed by atoms with E-state index < -0.39 is 28.8 Å². The number of amides is 1. The van der Waals surface area contributed by atoms with Gasteiger partial charge in [-0.2, -0.15) is 4.31 Å². The van der Waals surface area contributed by atoms with Gasteiger partial charge in [-0.25, -0.2) is 8.42 Å². The number of sulfonamides is 1. The number of nitrogens with one attached hydrogen (secondary N) is 1. The molecule has 1 amide bonds. The molecule has 31 heavy (non-hydrogen) atoms. The van der Waals surface area contributed by atoms with Crippen molar-refractivity contribution in [3.63, 3.8) is 0 Å². The Kier molecular flexibility index (Phi) is 6.60. The lowest BCUT2D eigenvalue weighted by molar-refractivity contribution is -0.274. The zero-order chi connectivity index (χ0) is 22.6. The van der Waals surface area contributed by atoms with Gasteiger partial charge < -0.3 is 19.5 Å². The summed E-state index contributed by atoms with van der Waals surface area (Å²) in [5.41, 5.74) is 0.514. The van der Waals surface area contributed by atoms with E-state index in [9.17, 15) is 26.4 Å². The first-order chi connectivity index (χ1) is 14.5. The molecule has 0 atom stereocenters. The number of fused-ring (bicyclic) bond motifs is 1. The van der Waals surface area contributed by atoms with Crippen molar-refractivity contribution < 1.29 is 40.6 Å². The summed E-state index contributed by atoms with van der Waals surface area (Å²) in [5.74, 6) is -0.215. The number of hydrogen-bond donors (Lipinski definition) is 1. The molecule has 0 saturated carbocycles. The lowest BCUT2D eigenvalue weighted by atomic mass is 10.2. The van der Waals surface area contributed by atoms with Gasteiger partial charge in [-0.1, -0.05) is 12.1 Å². The number of likely N-dealkylation sites (N-methyl/N-ethyl adjacent to an activating group) is 1. The van der Waals surface area contributed by atoms with E-state index in [2.05, 4.69) is 10.1 Å². The van der Waals surface area contributed by atoms with Gasteiger partial charge in [0.2, 0.25) is 15.9 Å². The van der Waals surface area contributed by atoms with Crippen LogP contribution in [0, 0.1) is 0 Å². The summed E-state index contributed by atoms with van der Waals surface area (Å²) >= 11 is 0. The summed E-state index contributed by atoms with van der Waals surface area (Å²) in [7, 11) is -2.70. The van der Waals surface area contributed by atoms with Crippen molar-refractivity contribution in [2.75, 3.05) is 26.8 Å². The number of alkyl halides is 3. The van der Waals surface area contributed by atoms with Crippen molar-refractivity contribution in [3.05, 3.63) is 48.0 Å². The topological polar surface area (TPSA) is 94.2 Å². The molecule has 3 rings (SSSR count). The summed E-state index contributed by atoms with van der Waals surface area (Å²) in [6.45, 7) is 0.227. The average Bonchev–Trinajstić information content (AvgIpc) is 2.71. The van der Waals surface area contributed by atoms with Crippen molar-refractivity contribution in [1.82, 2.24) is 9.62 Å². The van der Waals surface area contributed by atoms with Gasteiger partial charge in [0, 0.05) is 19.7 Å². The second kappa shape index (κ2) is 9.02. The highest BCUT2D eigenvalue weighted by molar-refractivity contribution is 7.89. The zero-order valence-corrected chi connectivity index (χ0v) is 17.1. The van der Waals surface area contributed by atoms with Gasteiger partial charge in [0.15, 0.2) is 11.5 Å². The molecule has 168 valence electrons. The second-order valence-electron chi connectivity index (χ2n) is 6.54. The van der Waals surface area contributed by atoms with Crippen LogP contribution >= 0.6 is 0 Å². The molecule has 1 aliphatic rings. The fraction of sp³-hybridized carbons (Fsp3) is 0.316. The summed E-state index contributed by atoms with van der Waals surface area (Å²) < 4.78 is 77.4. The molecule has 0 unspecified atom stereocenters. The van der Waals surface area contributed by atoms with Crippen molar-refractivity contribution in [1.29, 1.82) is 0 Å². The van der Waals surface area contributed by atoms with E-state index in [-0.39, 0.29) is 17.2 Å². The smallest absolute Gasteiger partial charge is 0.486 e. The number of ether oxygens (including phenoxy) is 3. The van der Waals surface area contributed by atoms with E-state index in [4.69, 9.17) is 9.47 Å². The lowest BCUT2D eigenvalue weighted by Crippen LogP contribution is -2.38. The van der Waals surface area contributed by atoms with Crippen LogP contribution in [-0.4, -0.2) is 51.8 Å². The minimum Gasteiger partial charge on any atom is -0.486 e. The Balaban J connectivity index is 1.56. The number of nitrogens with zero attached hydrogens (tertiary/aromatic N) is 1. The minimum absolute atomic E-state index is 0.00302. The predicted octanol–water partition coefficient (Wildman–Crippen LogP) is 2.29. The third-order valence-electron chi connectivity index (χ3n) is 4.23. The van der Waals surface area contributed by atoms with E-state index in [1.807, 2.05) is 0 Å². The van der Waals surface area contributed by atoms with E-state index in [1.54, 1.807) is 0 Å². The Morgan fingerprint density at radius 3 is 2.39 bits per heavy atom. The minimum atomic E-state index is -4.79. The van der Waals surface area contributed by atoms with Crippen molar-refractivity contribution >= 4 is 15.9 Å². The van der Waals surface area contributed by atoms with E-state index in [0.29, 0.717) is 30.3 Å². The van der Waals surface area contributed by atoms with E-state index in [1.165, 1.54) is 37.4 Å². The summed E-state index contributed by atoms with van der Waals surface area (Å²) in [5, 5.41) is 2.52. The molecule has 0 aliphatic carbocycles. The first-order valence-corrected chi connectivity index (χ1v) is 10.5. The van der Waals surface area contributed by atoms with Gasteiger partial charge in [-0.15, -0.1) is 13.2 Å². The predicted molar refractivity (Wildman–Crippen MR) is 102 cm³/mol. The normalized spacial score (nSPS) is 13.7. The van der Waals surface area contributed by atoms with Crippen molar-refractivity contribution in [2.45, 2.75) is 17.8 Å². The molecular weight excluding hydrogens is 441 g/mol. The maximum absolute atomic E-state index is 12.7. The molecule has 8 nitrogen and oxygen atoms in total. The Labute approximate surface area is 176 Å². The monoisotopic (exact) mass is 460 g/mol. The molecule has 1 N–H and O–H groups in total. The van der Waals surface area contributed by atoms with Gasteiger partial charge in [0.1, 0.15) is 19.0 Å². The first-order valence-electron chi connectivity index (χ1n) is 9.02. The summed E-state index contributed by atoms with van der Waals surface area (Å²) in [6, 6.07) is 9.14. The van der Waals surface area contributed by atoms with Crippen LogP contribution in [0.25, 0.3) is 0 Å². The molecular formula is C19H19F3N2O6S. The molecule has 1 heterocycles. The number of halogens is 3. The number of carbonyl (C=O) groups is 1. The molecule has 0 aromatic heterocycles. The highest BCUT2D eigenvalue weighted by atomic mass is 32.2. The molecule has 0 spiro atoms. The average molecular weight is 460 g/mol. The highest BCUT2D eigenvalue weighted by Gasteiger charge is 2.31. The van der Waals surface area contributed by atoms with Gasteiger partial charge in [-0.05, 0) is 29.8 Å². The molecule has 0 saturated heterocycles. The Morgan fingerprint density at radius 2 is 1.74 bits per heavy atom. The third-order valence-corrected chi connectivity index (χ3v) is 6.03. The first kappa shape index (κ1) is 22.7. The largest absolute Gasteiger partial charge is 0.573 e.